The largest absolute Gasteiger partial charge is 0.466 e. The van der Waals surface area contributed by atoms with Crippen molar-refractivity contribution in [1.29, 1.82) is 0 Å². The zero-order valence-electron chi connectivity index (χ0n) is 15.5. The minimum Gasteiger partial charge on any atom is -0.466 e. The van der Waals surface area contributed by atoms with E-state index in [1.165, 1.54) is 24.3 Å². The normalized spacial score (nSPS) is 11.6. The smallest absolute Gasteiger partial charge is 0.416 e. The summed E-state index contributed by atoms with van der Waals surface area (Å²) in [5, 5.41) is 2.55. The molecule has 0 aliphatic carbocycles. The number of methoxy groups -OCH3 is 2. The van der Waals surface area contributed by atoms with E-state index in [-0.39, 0.29) is 29.3 Å². The molecule has 1 N–H and O–H groups in total. The number of hydrogen-bond acceptors (Lipinski definition) is 6. The molecule has 0 saturated heterocycles. The van der Waals surface area contributed by atoms with Gasteiger partial charge in [0.2, 0.25) is 0 Å². The number of rotatable bonds is 6. The summed E-state index contributed by atoms with van der Waals surface area (Å²) >= 11 is 0. The van der Waals surface area contributed by atoms with Crippen LogP contribution < -0.4 is 10.1 Å². The highest BCUT2D eigenvalue weighted by molar-refractivity contribution is 5.98. The Morgan fingerprint density at radius 2 is 1.63 bits per heavy atom. The van der Waals surface area contributed by atoms with Crippen LogP contribution in [0.4, 0.5) is 27.6 Å². The summed E-state index contributed by atoms with van der Waals surface area (Å²) in [7, 11) is 2.17. The van der Waals surface area contributed by atoms with Gasteiger partial charge in [0.05, 0.1) is 25.9 Å². The van der Waals surface area contributed by atoms with Crippen molar-refractivity contribution in [2.75, 3.05) is 19.5 Å². The Morgan fingerprint density at radius 1 is 1.00 bits per heavy atom. The zero-order chi connectivity index (χ0) is 22.5. The second-order valence-corrected chi connectivity index (χ2v) is 5.59. The number of carbonyl (C=O) groups excluding carboxylic acids is 2. The van der Waals surface area contributed by atoms with Gasteiger partial charge in [0, 0.05) is 11.8 Å². The molecule has 11 heteroatoms. The van der Waals surface area contributed by atoms with Crippen molar-refractivity contribution in [3.05, 3.63) is 65.4 Å². The predicted molar refractivity (Wildman–Crippen MR) is 93.6 cm³/mol. The molecule has 0 aliphatic rings. The van der Waals surface area contributed by atoms with Gasteiger partial charge in [-0.3, -0.25) is 0 Å². The Balaban J connectivity index is 2.31. The zero-order valence-corrected chi connectivity index (χ0v) is 15.5. The number of ether oxygens (including phenoxy) is 3. The fourth-order valence-electron chi connectivity index (χ4n) is 2.16. The summed E-state index contributed by atoms with van der Waals surface area (Å²) in [5.74, 6) is -6.09. The van der Waals surface area contributed by atoms with Gasteiger partial charge in [-0.05, 0) is 24.3 Å². The van der Waals surface area contributed by atoms with Crippen molar-refractivity contribution in [3.63, 3.8) is 0 Å². The van der Waals surface area contributed by atoms with Gasteiger partial charge in [-0.2, -0.15) is 13.2 Å². The van der Waals surface area contributed by atoms with Crippen molar-refractivity contribution in [1.82, 2.24) is 0 Å². The van der Waals surface area contributed by atoms with Crippen LogP contribution in [0.1, 0.15) is 5.56 Å². The summed E-state index contributed by atoms with van der Waals surface area (Å²) in [6.07, 6.45) is -4.12. The fraction of sp³-hybridized carbons (Fsp3) is 0.158. The monoisotopic (exact) mass is 431 g/mol. The van der Waals surface area contributed by atoms with Crippen LogP contribution in [0.2, 0.25) is 0 Å². The summed E-state index contributed by atoms with van der Waals surface area (Å²) in [5.41, 5.74) is -1.68. The molecule has 2 rings (SSSR count). The molecule has 30 heavy (non-hydrogen) atoms. The SMILES string of the molecule is COC(=O)/C=C(/Nc1cccc(Oc2c(F)cc(C(F)(F)F)cc2F)c1)C(=O)OC. The minimum absolute atomic E-state index is 0.106. The summed E-state index contributed by atoms with van der Waals surface area (Å²) < 4.78 is 79.8. The first-order chi connectivity index (χ1) is 14.0. The standard InChI is InChI=1S/C19H14F5NO5/c1-28-16(26)9-15(18(27)29-2)25-11-4-3-5-12(8-11)30-17-13(20)6-10(7-14(17)21)19(22,23)24/h3-9,25H,1-2H3/b15-9+. The molecule has 2 aromatic rings. The number of carbonyl (C=O) groups is 2. The van der Waals surface area contributed by atoms with Gasteiger partial charge in [-0.15, -0.1) is 0 Å². The van der Waals surface area contributed by atoms with Crippen molar-refractivity contribution >= 4 is 17.6 Å². The second-order valence-electron chi connectivity index (χ2n) is 5.59. The molecule has 0 heterocycles. The Morgan fingerprint density at radius 3 is 2.17 bits per heavy atom. The molecule has 0 unspecified atom stereocenters. The topological polar surface area (TPSA) is 73.9 Å². The fourth-order valence-corrected chi connectivity index (χ4v) is 2.16. The molecule has 0 radical (unpaired) electrons. The van der Waals surface area contributed by atoms with Crippen LogP contribution in [0, 0.1) is 11.6 Å². The van der Waals surface area contributed by atoms with Crippen molar-refractivity contribution in [2.24, 2.45) is 0 Å². The lowest BCUT2D eigenvalue weighted by atomic mass is 10.2. The molecule has 0 aromatic heterocycles. The first-order valence-corrected chi connectivity index (χ1v) is 8.04. The molecular weight excluding hydrogens is 417 g/mol. The molecule has 2 aromatic carbocycles. The summed E-state index contributed by atoms with van der Waals surface area (Å²) in [6.45, 7) is 0. The maximum atomic E-state index is 14.0. The van der Waals surface area contributed by atoms with Gasteiger partial charge in [-0.25, -0.2) is 18.4 Å². The number of alkyl halides is 3. The van der Waals surface area contributed by atoms with Gasteiger partial charge in [0.25, 0.3) is 0 Å². The molecule has 0 fully saturated rings. The van der Waals surface area contributed by atoms with Crippen LogP contribution in [-0.4, -0.2) is 26.2 Å². The van der Waals surface area contributed by atoms with Crippen LogP contribution in [0.25, 0.3) is 0 Å². The average molecular weight is 431 g/mol. The lowest BCUT2D eigenvalue weighted by molar-refractivity contribution is -0.138. The van der Waals surface area contributed by atoms with Gasteiger partial charge in [0.1, 0.15) is 11.4 Å². The van der Waals surface area contributed by atoms with Crippen LogP contribution in [0.15, 0.2) is 48.2 Å². The highest BCUT2D eigenvalue weighted by Gasteiger charge is 2.33. The molecule has 6 nitrogen and oxygen atoms in total. The van der Waals surface area contributed by atoms with Crippen LogP contribution in [0.3, 0.4) is 0 Å². The van der Waals surface area contributed by atoms with Gasteiger partial charge in [-0.1, -0.05) is 6.07 Å². The number of hydrogen-bond donors (Lipinski definition) is 1. The van der Waals surface area contributed by atoms with E-state index < -0.39 is 41.1 Å². The number of anilines is 1. The third kappa shape index (κ3) is 5.69. The predicted octanol–water partition coefficient (Wildman–Crippen LogP) is 4.42. The molecule has 0 atom stereocenters. The third-order valence-electron chi connectivity index (χ3n) is 3.53. The van der Waals surface area contributed by atoms with E-state index >= 15 is 0 Å². The van der Waals surface area contributed by atoms with Crippen molar-refractivity contribution in [2.45, 2.75) is 6.18 Å². The van der Waals surface area contributed by atoms with E-state index in [1.54, 1.807) is 0 Å². The number of halogens is 5. The Kier molecular flexibility index (Phi) is 6.98. The van der Waals surface area contributed by atoms with Crippen molar-refractivity contribution in [3.8, 4) is 11.5 Å². The van der Waals surface area contributed by atoms with Crippen LogP contribution >= 0.6 is 0 Å². The van der Waals surface area contributed by atoms with E-state index in [0.29, 0.717) is 0 Å². The van der Waals surface area contributed by atoms with E-state index in [0.717, 1.165) is 20.3 Å². The maximum Gasteiger partial charge on any atom is 0.416 e. The third-order valence-corrected chi connectivity index (χ3v) is 3.53. The first-order valence-electron chi connectivity index (χ1n) is 8.04. The van der Waals surface area contributed by atoms with Crippen molar-refractivity contribution < 1.29 is 45.8 Å². The van der Waals surface area contributed by atoms with Gasteiger partial charge in [0.15, 0.2) is 17.4 Å². The highest BCUT2D eigenvalue weighted by atomic mass is 19.4. The van der Waals surface area contributed by atoms with Crippen LogP contribution in [0.5, 0.6) is 11.5 Å². The van der Waals surface area contributed by atoms with Gasteiger partial charge < -0.3 is 19.5 Å². The highest BCUT2D eigenvalue weighted by Crippen LogP contribution is 2.35. The molecular formula is C19H14F5NO5. The van der Waals surface area contributed by atoms with Gasteiger partial charge >= 0.3 is 18.1 Å². The first kappa shape index (κ1) is 22.7. The lowest BCUT2D eigenvalue weighted by Gasteiger charge is -2.13. The summed E-state index contributed by atoms with van der Waals surface area (Å²) in [6, 6.07) is 5.45. The minimum atomic E-state index is -4.93. The van der Waals surface area contributed by atoms with E-state index in [4.69, 9.17) is 4.74 Å². The Labute approximate surface area is 166 Å². The molecule has 0 amide bonds. The number of esters is 2. The Hall–Kier alpha value is -3.63. The molecule has 0 aliphatic heterocycles. The quantitative estimate of drug-likeness (QED) is 0.415. The molecule has 0 spiro atoms. The number of benzene rings is 2. The second kappa shape index (κ2) is 9.25. The molecule has 160 valence electrons. The summed E-state index contributed by atoms with van der Waals surface area (Å²) in [4.78, 5) is 23.1. The Bertz CT molecular complexity index is 965. The number of nitrogens with one attached hydrogen (secondary N) is 1. The molecule has 0 saturated carbocycles. The maximum absolute atomic E-state index is 14.0. The van der Waals surface area contributed by atoms with Crippen LogP contribution in [-0.2, 0) is 25.2 Å². The average Bonchev–Trinajstić information content (AvgIpc) is 2.68. The lowest BCUT2D eigenvalue weighted by Crippen LogP contribution is -2.15. The van der Waals surface area contributed by atoms with E-state index in [1.807, 2.05) is 0 Å². The van der Waals surface area contributed by atoms with E-state index in [9.17, 15) is 31.5 Å². The van der Waals surface area contributed by atoms with E-state index in [2.05, 4.69) is 14.8 Å². The molecule has 0 bridgehead atoms.